The van der Waals surface area contributed by atoms with Crippen molar-refractivity contribution in [2.45, 2.75) is 31.6 Å². The first kappa shape index (κ1) is 25.0. The number of carbonyl (C=O) groups is 2. The minimum atomic E-state index is -3.65. The second kappa shape index (κ2) is 11.8. The van der Waals surface area contributed by atoms with Crippen molar-refractivity contribution in [3.05, 3.63) is 29.8 Å². The monoisotopic (exact) mass is 432 g/mol. The molecule has 1 aromatic rings. The summed E-state index contributed by atoms with van der Waals surface area (Å²) in [4.78, 5) is 22.3. The summed E-state index contributed by atoms with van der Waals surface area (Å²) in [5.41, 5.74) is 2.94. The Kier molecular flexibility index (Phi) is 10.2. The van der Waals surface area contributed by atoms with Crippen LogP contribution in [-0.4, -0.2) is 62.8 Å². The molecule has 0 aliphatic rings. The Hall–Kier alpha value is -2.05. The lowest BCUT2D eigenvalue weighted by Gasteiger charge is -2.29. The highest BCUT2D eigenvalue weighted by Gasteiger charge is 2.33. The van der Waals surface area contributed by atoms with Crippen LogP contribution >= 0.6 is 0 Å². The van der Waals surface area contributed by atoms with Gasteiger partial charge in [0.15, 0.2) is 9.84 Å². The highest BCUT2D eigenvalue weighted by atomic mass is 32.2. The van der Waals surface area contributed by atoms with Crippen LogP contribution < -0.4 is 11.0 Å². The fourth-order valence-corrected chi connectivity index (χ4v) is 4.29. The number of amides is 2. The van der Waals surface area contributed by atoms with Gasteiger partial charge in [0.1, 0.15) is 0 Å². The maximum Gasteiger partial charge on any atom is 0.245 e. The third-order valence-electron chi connectivity index (χ3n) is 4.02. The molecule has 10 nitrogen and oxygen atoms in total. The third kappa shape index (κ3) is 9.33. The highest BCUT2D eigenvalue weighted by Crippen LogP contribution is 2.25. The van der Waals surface area contributed by atoms with E-state index in [0.717, 1.165) is 5.56 Å². The molecule has 0 spiro atoms. The van der Waals surface area contributed by atoms with E-state index in [1.807, 2.05) is 6.92 Å². The number of nitrogens with one attached hydrogen (secondary N) is 2. The Labute approximate surface area is 170 Å². The summed E-state index contributed by atoms with van der Waals surface area (Å²) in [6, 6.07) is 6.48. The van der Waals surface area contributed by atoms with Crippen LogP contribution in [0.3, 0.4) is 0 Å². The van der Waals surface area contributed by atoms with Gasteiger partial charge in [0, 0.05) is 5.41 Å². The number of carbonyl (C=O) groups excluding carboxylic acids is 2. The van der Waals surface area contributed by atoms with Crippen molar-refractivity contribution in [1.82, 2.24) is 11.0 Å². The van der Waals surface area contributed by atoms with Gasteiger partial charge < -0.3 is 9.47 Å². The molecule has 1 aromatic carbocycles. The van der Waals surface area contributed by atoms with Gasteiger partial charge in [-0.1, -0.05) is 24.6 Å². The van der Waals surface area contributed by atoms with Gasteiger partial charge in [0.2, 0.25) is 11.8 Å². The van der Waals surface area contributed by atoms with Crippen molar-refractivity contribution < 1.29 is 37.9 Å². The van der Waals surface area contributed by atoms with Gasteiger partial charge in [0.25, 0.3) is 0 Å². The second-order valence-corrected chi connectivity index (χ2v) is 9.05. The molecule has 0 bridgehead atoms. The minimum Gasteiger partial charge on any atom is -0.380 e. The SMILES string of the molecule is Cc1ccc(S(=O)(=O)CC(C)(COCCC(=O)NO)COCCC(=O)NO)cc1. The van der Waals surface area contributed by atoms with E-state index >= 15 is 0 Å². The predicted molar refractivity (Wildman–Crippen MR) is 102 cm³/mol. The predicted octanol–water partition coefficient (Wildman–Crippen LogP) is 0.599. The van der Waals surface area contributed by atoms with Crippen LogP contribution in [0.25, 0.3) is 0 Å². The summed E-state index contributed by atoms with van der Waals surface area (Å²) < 4.78 is 36.5. The van der Waals surface area contributed by atoms with Crippen LogP contribution in [0.5, 0.6) is 0 Å². The Bertz CT molecular complexity index is 741. The van der Waals surface area contributed by atoms with E-state index < -0.39 is 27.1 Å². The average Bonchev–Trinajstić information content (AvgIpc) is 2.68. The lowest BCUT2D eigenvalue weighted by Crippen LogP contribution is -2.37. The number of ether oxygens (including phenoxy) is 2. The molecule has 0 fully saturated rings. The maximum absolute atomic E-state index is 12.8. The molecule has 0 saturated carbocycles. The fraction of sp³-hybridized carbons (Fsp3) is 0.556. The summed E-state index contributed by atoms with van der Waals surface area (Å²) in [5.74, 6) is -1.52. The number of rotatable bonds is 13. The Balaban J connectivity index is 2.80. The van der Waals surface area contributed by atoms with E-state index in [1.165, 1.54) is 23.1 Å². The molecular formula is C18H28N2O8S. The van der Waals surface area contributed by atoms with Crippen molar-refractivity contribution in [1.29, 1.82) is 0 Å². The van der Waals surface area contributed by atoms with Crippen LogP contribution in [0.15, 0.2) is 29.2 Å². The molecule has 4 N–H and O–H groups in total. The molecule has 164 valence electrons. The molecule has 0 aliphatic heterocycles. The normalized spacial score (nSPS) is 11.9. The molecule has 0 aromatic heterocycles. The Morgan fingerprint density at radius 2 is 1.41 bits per heavy atom. The van der Waals surface area contributed by atoms with Crippen molar-refractivity contribution in [3.63, 3.8) is 0 Å². The van der Waals surface area contributed by atoms with Gasteiger partial charge in [0.05, 0.1) is 49.9 Å². The molecule has 0 atom stereocenters. The maximum atomic E-state index is 12.8. The minimum absolute atomic E-state index is 0.0144. The van der Waals surface area contributed by atoms with E-state index in [-0.39, 0.29) is 49.9 Å². The first-order chi connectivity index (χ1) is 13.6. The number of sulfone groups is 1. The van der Waals surface area contributed by atoms with Crippen LogP contribution in [0, 0.1) is 12.3 Å². The topological polar surface area (TPSA) is 151 Å². The molecule has 0 unspecified atom stereocenters. The molecule has 1 rings (SSSR count). The molecule has 0 radical (unpaired) electrons. The van der Waals surface area contributed by atoms with Gasteiger partial charge in [-0.2, -0.15) is 0 Å². The smallest absolute Gasteiger partial charge is 0.245 e. The summed E-state index contributed by atoms with van der Waals surface area (Å²) in [5, 5.41) is 17.0. The number of aryl methyl sites for hydroxylation is 1. The summed E-state index contributed by atoms with van der Waals surface area (Å²) in [7, 11) is -3.65. The molecule has 29 heavy (non-hydrogen) atoms. The summed E-state index contributed by atoms with van der Waals surface area (Å²) in [6.07, 6.45) is -0.177. The van der Waals surface area contributed by atoms with Crippen molar-refractivity contribution in [2.75, 3.05) is 32.2 Å². The van der Waals surface area contributed by atoms with Crippen molar-refractivity contribution >= 4 is 21.7 Å². The van der Waals surface area contributed by atoms with Crippen LogP contribution in [-0.2, 0) is 28.9 Å². The molecule has 2 amide bonds. The molecule has 11 heteroatoms. The van der Waals surface area contributed by atoms with E-state index in [0.29, 0.717) is 0 Å². The van der Waals surface area contributed by atoms with E-state index in [2.05, 4.69) is 0 Å². The average molecular weight is 432 g/mol. The van der Waals surface area contributed by atoms with E-state index in [4.69, 9.17) is 19.9 Å². The quantitative estimate of drug-likeness (QED) is 0.201. The number of hydrogen-bond donors (Lipinski definition) is 4. The standard InChI is InChI=1S/C18H28N2O8S/c1-14-3-5-15(6-4-14)29(25,26)13-18(2,11-27-9-7-16(21)19-23)12-28-10-8-17(22)20-24/h3-6,23-24H,7-13H2,1-2H3,(H,19,21)(H,20,22). The lowest BCUT2D eigenvalue weighted by molar-refractivity contribution is -0.130. The highest BCUT2D eigenvalue weighted by molar-refractivity contribution is 7.91. The van der Waals surface area contributed by atoms with E-state index in [1.54, 1.807) is 19.1 Å². The Morgan fingerprint density at radius 3 is 1.83 bits per heavy atom. The lowest BCUT2D eigenvalue weighted by atomic mass is 9.96. The fourth-order valence-electron chi connectivity index (χ4n) is 2.49. The number of hydrogen-bond acceptors (Lipinski definition) is 8. The number of benzene rings is 1. The van der Waals surface area contributed by atoms with E-state index in [9.17, 15) is 18.0 Å². The van der Waals surface area contributed by atoms with Crippen LogP contribution in [0.1, 0.15) is 25.3 Å². The molecule has 0 heterocycles. The second-order valence-electron chi connectivity index (χ2n) is 7.06. The zero-order valence-corrected chi connectivity index (χ0v) is 17.3. The van der Waals surface area contributed by atoms with Crippen molar-refractivity contribution in [3.8, 4) is 0 Å². The van der Waals surface area contributed by atoms with Crippen LogP contribution in [0.4, 0.5) is 0 Å². The zero-order valence-electron chi connectivity index (χ0n) is 16.5. The summed E-state index contributed by atoms with van der Waals surface area (Å²) in [6.45, 7) is 3.44. The molecule has 0 aliphatic carbocycles. The van der Waals surface area contributed by atoms with Gasteiger partial charge in [-0.25, -0.2) is 19.4 Å². The van der Waals surface area contributed by atoms with Gasteiger partial charge in [-0.15, -0.1) is 0 Å². The van der Waals surface area contributed by atoms with Gasteiger partial charge in [-0.05, 0) is 19.1 Å². The van der Waals surface area contributed by atoms with Crippen molar-refractivity contribution in [2.24, 2.45) is 5.41 Å². The third-order valence-corrected chi connectivity index (χ3v) is 6.08. The largest absolute Gasteiger partial charge is 0.380 e. The number of hydroxylamine groups is 2. The van der Waals surface area contributed by atoms with Gasteiger partial charge >= 0.3 is 0 Å². The first-order valence-electron chi connectivity index (χ1n) is 8.93. The van der Waals surface area contributed by atoms with Crippen LogP contribution in [0.2, 0.25) is 0 Å². The zero-order chi connectivity index (χ0) is 21.9. The Morgan fingerprint density at radius 1 is 0.966 bits per heavy atom. The molecular weight excluding hydrogens is 404 g/mol. The van der Waals surface area contributed by atoms with Gasteiger partial charge in [-0.3, -0.25) is 20.0 Å². The molecule has 0 saturated heterocycles. The first-order valence-corrected chi connectivity index (χ1v) is 10.6. The summed E-state index contributed by atoms with van der Waals surface area (Å²) >= 11 is 0.